The Labute approximate surface area is 131 Å². The molecular weight excluding hydrogens is 276 g/mol. The second-order valence-corrected chi connectivity index (χ2v) is 5.65. The highest BCUT2D eigenvalue weighted by molar-refractivity contribution is 5.62. The molecule has 2 aromatic carbocycles. The van der Waals surface area contributed by atoms with Gasteiger partial charge in [-0.05, 0) is 35.2 Å². The summed E-state index contributed by atoms with van der Waals surface area (Å²) in [4.78, 5) is 2.43. The number of rotatable bonds is 4. The lowest BCUT2D eigenvalue weighted by atomic mass is 9.99. The molecule has 22 heavy (non-hydrogen) atoms. The minimum atomic E-state index is 0.607. The largest absolute Gasteiger partial charge is 0.493 e. The number of hydrogen-bond acceptors (Lipinski definition) is 4. The molecule has 0 radical (unpaired) electrons. The molecule has 4 heteroatoms. The first-order chi connectivity index (χ1) is 10.7. The lowest BCUT2D eigenvalue weighted by molar-refractivity contribution is 0.245. The van der Waals surface area contributed by atoms with Crippen LogP contribution in [0.1, 0.15) is 16.7 Å². The fourth-order valence-electron chi connectivity index (χ4n) is 3.09. The van der Waals surface area contributed by atoms with E-state index in [1.807, 2.05) is 12.1 Å². The predicted molar refractivity (Wildman–Crippen MR) is 88.2 cm³/mol. The van der Waals surface area contributed by atoms with Crippen LogP contribution in [0.2, 0.25) is 0 Å². The zero-order valence-electron chi connectivity index (χ0n) is 13.1. The van der Waals surface area contributed by atoms with Gasteiger partial charge in [0.2, 0.25) is 0 Å². The summed E-state index contributed by atoms with van der Waals surface area (Å²) < 4.78 is 10.7. The van der Waals surface area contributed by atoms with E-state index in [1.165, 1.54) is 11.1 Å². The predicted octanol–water partition coefficient (Wildman–Crippen LogP) is 2.84. The maximum atomic E-state index is 6.07. The van der Waals surface area contributed by atoms with E-state index in [0.717, 1.165) is 31.6 Å². The summed E-state index contributed by atoms with van der Waals surface area (Å²) in [5.41, 5.74) is 10.7. The van der Waals surface area contributed by atoms with Gasteiger partial charge in [-0.1, -0.05) is 24.3 Å². The third kappa shape index (κ3) is 2.88. The lowest BCUT2D eigenvalue weighted by Crippen LogP contribution is -2.30. The number of benzene rings is 2. The zero-order chi connectivity index (χ0) is 15.5. The van der Waals surface area contributed by atoms with Crippen molar-refractivity contribution in [1.29, 1.82) is 0 Å². The Morgan fingerprint density at radius 3 is 2.59 bits per heavy atom. The zero-order valence-corrected chi connectivity index (χ0v) is 13.1. The van der Waals surface area contributed by atoms with Crippen LogP contribution < -0.4 is 15.2 Å². The molecule has 0 amide bonds. The molecule has 2 N–H and O–H groups in total. The number of anilines is 1. The molecule has 0 saturated heterocycles. The summed E-state index contributed by atoms with van der Waals surface area (Å²) in [6.45, 7) is 2.90. The fraction of sp³-hybridized carbons (Fsp3) is 0.333. The van der Waals surface area contributed by atoms with Gasteiger partial charge in [-0.2, -0.15) is 0 Å². The van der Waals surface area contributed by atoms with Crippen LogP contribution >= 0.6 is 0 Å². The van der Waals surface area contributed by atoms with Crippen molar-refractivity contribution in [2.75, 3.05) is 26.5 Å². The average Bonchev–Trinajstić information content (AvgIpc) is 2.54. The summed E-state index contributed by atoms with van der Waals surface area (Å²) >= 11 is 0. The molecular formula is C18H22N2O2. The van der Waals surface area contributed by atoms with E-state index in [2.05, 4.69) is 29.2 Å². The van der Waals surface area contributed by atoms with Gasteiger partial charge in [0, 0.05) is 19.6 Å². The van der Waals surface area contributed by atoms with Crippen LogP contribution in [0.5, 0.6) is 11.5 Å². The number of nitrogen functional groups attached to an aromatic ring is 1. The van der Waals surface area contributed by atoms with E-state index in [4.69, 9.17) is 15.2 Å². The SMILES string of the molecule is COc1cc(CN2CCc3ccccc3C2)cc(N)c1OC. The number of hydrogen-bond donors (Lipinski definition) is 1. The van der Waals surface area contributed by atoms with Gasteiger partial charge in [-0.3, -0.25) is 4.90 Å². The van der Waals surface area contributed by atoms with Gasteiger partial charge in [-0.25, -0.2) is 0 Å². The van der Waals surface area contributed by atoms with Gasteiger partial charge in [0.25, 0.3) is 0 Å². The third-order valence-corrected chi connectivity index (χ3v) is 4.18. The molecule has 4 nitrogen and oxygen atoms in total. The van der Waals surface area contributed by atoms with Crippen LogP contribution in [0.3, 0.4) is 0 Å². The van der Waals surface area contributed by atoms with E-state index in [-0.39, 0.29) is 0 Å². The highest BCUT2D eigenvalue weighted by Gasteiger charge is 2.17. The fourth-order valence-corrected chi connectivity index (χ4v) is 3.09. The molecule has 1 aliphatic rings. The van der Waals surface area contributed by atoms with E-state index in [1.54, 1.807) is 14.2 Å². The number of fused-ring (bicyclic) bond motifs is 1. The van der Waals surface area contributed by atoms with E-state index >= 15 is 0 Å². The Morgan fingerprint density at radius 2 is 1.86 bits per heavy atom. The maximum absolute atomic E-state index is 6.07. The Morgan fingerprint density at radius 1 is 1.09 bits per heavy atom. The van der Waals surface area contributed by atoms with Gasteiger partial charge in [-0.15, -0.1) is 0 Å². The normalized spacial score (nSPS) is 14.5. The van der Waals surface area contributed by atoms with Gasteiger partial charge in [0.1, 0.15) is 0 Å². The van der Waals surface area contributed by atoms with Crippen LogP contribution in [-0.2, 0) is 19.5 Å². The quantitative estimate of drug-likeness (QED) is 0.882. The Balaban J connectivity index is 1.78. The van der Waals surface area contributed by atoms with Crippen molar-refractivity contribution in [3.05, 3.63) is 53.1 Å². The van der Waals surface area contributed by atoms with Crippen LogP contribution in [0.25, 0.3) is 0 Å². The monoisotopic (exact) mass is 298 g/mol. The van der Waals surface area contributed by atoms with Gasteiger partial charge < -0.3 is 15.2 Å². The summed E-state index contributed by atoms with van der Waals surface area (Å²) in [6.07, 6.45) is 1.10. The first-order valence-corrected chi connectivity index (χ1v) is 7.50. The van der Waals surface area contributed by atoms with E-state index in [9.17, 15) is 0 Å². The molecule has 0 atom stereocenters. The summed E-state index contributed by atoms with van der Waals surface area (Å²) in [7, 11) is 3.24. The van der Waals surface area contributed by atoms with Gasteiger partial charge in [0.05, 0.1) is 19.9 Å². The van der Waals surface area contributed by atoms with Crippen molar-refractivity contribution < 1.29 is 9.47 Å². The maximum Gasteiger partial charge on any atom is 0.183 e. The van der Waals surface area contributed by atoms with Gasteiger partial charge >= 0.3 is 0 Å². The first kappa shape index (κ1) is 14.7. The molecule has 2 aromatic rings. The van der Waals surface area contributed by atoms with Crippen LogP contribution in [0.15, 0.2) is 36.4 Å². The summed E-state index contributed by atoms with van der Waals surface area (Å²) in [5.74, 6) is 1.30. The molecule has 0 bridgehead atoms. The molecule has 116 valence electrons. The number of nitrogens with zero attached hydrogens (tertiary/aromatic N) is 1. The highest BCUT2D eigenvalue weighted by atomic mass is 16.5. The lowest BCUT2D eigenvalue weighted by Gasteiger charge is -2.29. The number of ether oxygens (including phenoxy) is 2. The molecule has 0 aromatic heterocycles. The molecule has 0 aliphatic carbocycles. The van der Waals surface area contributed by atoms with Crippen molar-refractivity contribution in [3.63, 3.8) is 0 Å². The molecule has 1 heterocycles. The van der Waals surface area contributed by atoms with Crippen molar-refractivity contribution in [2.24, 2.45) is 0 Å². The third-order valence-electron chi connectivity index (χ3n) is 4.18. The van der Waals surface area contributed by atoms with Crippen molar-refractivity contribution in [2.45, 2.75) is 19.5 Å². The van der Waals surface area contributed by atoms with Crippen molar-refractivity contribution in [1.82, 2.24) is 4.90 Å². The van der Waals surface area contributed by atoms with E-state index < -0.39 is 0 Å². The number of methoxy groups -OCH3 is 2. The van der Waals surface area contributed by atoms with Crippen molar-refractivity contribution in [3.8, 4) is 11.5 Å². The van der Waals surface area contributed by atoms with E-state index in [0.29, 0.717) is 17.2 Å². The smallest absolute Gasteiger partial charge is 0.183 e. The first-order valence-electron chi connectivity index (χ1n) is 7.50. The Kier molecular flexibility index (Phi) is 4.20. The summed E-state index contributed by atoms with van der Waals surface area (Å²) in [5, 5.41) is 0. The second-order valence-electron chi connectivity index (χ2n) is 5.65. The molecule has 0 unspecified atom stereocenters. The highest BCUT2D eigenvalue weighted by Crippen LogP contribution is 2.35. The minimum Gasteiger partial charge on any atom is -0.493 e. The van der Waals surface area contributed by atoms with Crippen LogP contribution in [0, 0.1) is 0 Å². The minimum absolute atomic E-state index is 0.607. The van der Waals surface area contributed by atoms with Crippen LogP contribution in [-0.4, -0.2) is 25.7 Å². The Hall–Kier alpha value is -2.20. The topological polar surface area (TPSA) is 47.7 Å². The molecule has 0 saturated carbocycles. The van der Waals surface area contributed by atoms with Crippen LogP contribution in [0.4, 0.5) is 5.69 Å². The molecule has 3 rings (SSSR count). The number of nitrogens with two attached hydrogens (primary N) is 1. The molecule has 1 aliphatic heterocycles. The van der Waals surface area contributed by atoms with Crippen molar-refractivity contribution >= 4 is 5.69 Å². The molecule has 0 fully saturated rings. The second kappa shape index (κ2) is 6.28. The Bertz CT molecular complexity index is 670. The molecule has 0 spiro atoms. The standard InChI is InChI=1S/C18H22N2O2/c1-21-17-10-13(9-16(19)18(17)22-2)11-20-8-7-14-5-3-4-6-15(14)12-20/h3-6,9-10H,7-8,11-12,19H2,1-2H3. The van der Waals surface area contributed by atoms with Gasteiger partial charge in [0.15, 0.2) is 11.5 Å². The average molecular weight is 298 g/mol. The summed E-state index contributed by atoms with van der Waals surface area (Å²) in [6, 6.07) is 12.6.